The van der Waals surface area contributed by atoms with Crippen LogP contribution in [0.25, 0.3) is 0 Å². The van der Waals surface area contributed by atoms with Crippen LogP contribution in [0.5, 0.6) is 0 Å². The van der Waals surface area contributed by atoms with Crippen LogP contribution in [0.15, 0.2) is 11.1 Å². The van der Waals surface area contributed by atoms with Crippen molar-refractivity contribution in [2.75, 3.05) is 5.75 Å². The van der Waals surface area contributed by atoms with E-state index < -0.39 is 34.8 Å². The molecule has 0 unspecified atom stereocenters. The molecule has 3 amide bonds. The maximum atomic E-state index is 13.0. The number of aromatic nitrogens is 1. The normalized spacial score (nSPS) is 11.6. The number of thioether (sulfide) groups is 1. The lowest BCUT2D eigenvalue weighted by Gasteiger charge is -2.20. The molecule has 0 fully saturated rings. The maximum absolute atomic E-state index is 13.0. The van der Waals surface area contributed by atoms with Gasteiger partial charge in [0.05, 0.1) is 16.9 Å². The number of nitriles is 1. The Morgan fingerprint density at radius 1 is 1.32 bits per heavy atom. The first kappa shape index (κ1) is 20.8. The van der Waals surface area contributed by atoms with Crippen molar-refractivity contribution >= 4 is 23.7 Å². The van der Waals surface area contributed by atoms with Gasteiger partial charge >= 0.3 is 12.2 Å². The Labute approximate surface area is 147 Å². The monoisotopic (exact) mass is 374 g/mol. The predicted octanol–water partition coefficient (Wildman–Crippen LogP) is 3.00. The van der Waals surface area contributed by atoms with Gasteiger partial charge in [-0.3, -0.25) is 10.1 Å². The summed E-state index contributed by atoms with van der Waals surface area (Å²) in [5, 5.41) is 13.4. The van der Waals surface area contributed by atoms with E-state index in [1.54, 1.807) is 20.8 Å². The van der Waals surface area contributed by atoms with Crippen molar-refractivity contribution in [2.24, 2.45) is 0 Å². The summed E-state index contributed by atoms with van der Waals surface area (Å²) in [6.45, 7) is 6.53. The number of alkyl halides is 3. The van der Waals surface area contributed by atoms with Gasteiger partial charge in [-0.05, 0) is 33.8 Å². The molecule has 0 bridgehead atoms. The molecule has 0 aliphatic rings. The minimum Gasteiger partial charge on any atom is -0.333 e. The zero-order valence-corrected chi connectivity index (χ0v) is 14.9. The number of amides is 3. The predicted molar refractivity (Wildman–Crippen MR) is 85.8 cm³/mol. The third-order valence-electron chi connectivity index (χ3n) is 2.61. The van der Waals surface area contributed by atoms with Gasteiger partial charge in [-0.25, -0.2) is 9.78 Å². The fourth-order valence-electron chi connectivity index (χ4n) is 1.75. The van der Waals surface area contributed by atoms with E-state index in [0.29, 0.717) is 11.8 Å². The topological polar surface area (TPSA) is 94.9 Å². The molecule has 0 aliphatic heterocycles. The molecule has 2 N–H and O–H groups in total. The lowest BCUT2D eigenvalue weighted by molar-refractivity contribution is -0.138. The second kappa shape index (κ2) is 7.74. The molecule has 0 aromatic carbocycles. The molecule has 0 saturated heterocycles. The maximum Gasteiger partial charge on any atom is 0.417 e. The fraction of sp³-hybridized carbons (Fsp3) is 0.467. The standard InChI is InChI=1S/C15H17F3N4O2S/c1-8-5-10(15(16,17)18)9(6-19)12(20-8)25-7-11(23)21-13(24)22-14(2,3)4/h5H,7H2,1-4H3,(H2,21,22,23,24). The van der Waals surface area contributed by atoms with Crippen LogP contribution in [-0.4, -0.2) is 28.2 Å². The molecule has 10 heteroatoms. The summed E-state index contributed by atoms with van der Waals surface area (Å²) in [5.74, 6) is -1.08. The first-order valence-corrected chi connectivity index (χ1v) is 8.06. The van der Waals surface area contributed by atoms with Crippen LogP contribution < -0.4 is 10.6 Å². The van der Waals surface area contributed by atoms with Crippen LogP contribution >= 0.6 is 11.8 Å². The highest BCUT2D eigenvalue weighted by atomic mass is 32.2. The lowest BCUT2D eigenvalue weighted by Crippen LogP contribution is -2.48. The molecule has 0 radical (unpaired) electrons. The molecule has 0 spiro atoms. The highest BCUT2D eigenvalue weighted by molar-refractivity contribution is 8.00. The molecule has 1 aromatic heterocycles. The van der Waals surface area contributed by atoms with Crippen molar-refractivity contribution in [3.8, 4) is 6.07 Å². The molecule has 25 heavy (non-hydrogen) atoms. The average molecular weight is 374 g/mol. The molecular weight excluding hydrogens is 357 g/mol. The molecule has 0 atom stereocenters. The Morgan fingerprint density at radius 2 is 1.92 bits per heavy atom. The Balaban J connectivity index is 2.88. The van der Waals surface area contributed by atoms with Crippen molar-refractivity contribution in [3.63, 3.8) is 0 Å². The van der Waals surface area contributed by atoms with E-state index in [9.17, 15) is 22.8 Å². The van der Waals surface area contributed by atoms with Gasteiger partial charge < -0.3 is 5.32 Å². The summed E-state index contributed by atoms with van der Waals surface area (Å²) < 4.78 is 39.0. The van der Waals surface area contributed by atoms with Gasteiger partial charge in [0.25, 0.3) is 0 Å². The molecule has 0 saturated carbocycles. The first-order chi connectivity index (χ1) is 11.3. The number of pyridine rings is 1. The summed E-state index contributed by atoms with van der Waals surface area (Å²) in [6, 6.07) is 1.54. The van der Waals surface area contributed by atoms with Gasteiger partial charge in [-0.15, -0.1) is 0 Å². The molecule has 1 aromatic rings. The molecular formula is C15H17F3N4O2S. The molecule has 1 heterocycles. The van der Waals surface area contributed by atoms with Gasteiger partial charge in [0.2, 0.25) is 5.91 Å². The van der Waals surface area contributed by atoms with Crippen LogP contribution in [0.1, 0.15) is 37.6 Å². The number of imide groups is 1. The van der Waals surface area contributed by atoms with Crippen LogP contribution in [0, 0.1) is 18.3 Å². The van der Waals surface area contributed by atoms with Crippen LogP contribution in [0.3, 0.4) is 0 Å². The minimum absolute atomic E-state index is 0.0692. The zero-order chi connectivity index (χ0) is 19.4. The van der Waals surface area contributed by atoms with Crippen LogP contribution in [0.4, 0.5) is 18.0 Å². The third kappa shape index (κ3) is 6.62. The van der Waals surface area contributed by atoms with Crippen molar-refractivity contribution in [3.05, 3.63) is 22.9 Å². The van der Waals surface area contributed by atoms with Gasteiger partial charge in [-0.1, -0.05) is 11.8 Å². The number of halogens is 3. The summed E-state index contributed by atoms with van der Waals surface area (Å²) in [6.07, 6.45) is -4.71. The Morgan fingerprint density at radius 3 is 2.40 bits per heavy atom. The third-order valence-corrected chi connectivity index (χ3v) is 3.59. The summed E-state index contributed by atoms with van der Waals surface area (Å²) >= 11 is 0.658. The van der Waals surface area contributed by atoms with E-state index >= 15 is 0 Å². The van der Waals surface area contributed by atoms with E-state index in [0.717, 1.165) is 6.07 Å². The highest BCUT2D eigenvalue weighted by Gasteiger charge is 2.35. The number of nitrogens with zero attached hydrogens (tertiary/aromatic N) is 2. The van der Waals surface area contributed by atoms with Gasteiger partial charge in [-0.2, -0.15) is 18.4 Å². The largest absolute Gasteiger partial charge is 0.417 e. The number of urea groups is 1. The fourth-order valence-corrected chi connectivity index (χ4v) is 2.60. The summed E-state index contributed by atoms with van der Waals surface area (Å²) in [7, 11) is 0. The molecule has 1 rings (SSSR count). The van der Waals surface area contributed by atoms with E-state index in [-0.39, 0.29) is 16.5 Å². The van der Waals surface area contributed by atoms with Crippen LogP contribution in [0.2, 0.25) is 0 Å². The highest BCUT2D eigenvalue weighted by Crippen LogP contribution is 2.35. The van der Waals surface area contributed by atoms with Crippen molar-refractivity contribution in [1.29, 1.82) is 5.26 Å². The van der Waals surface area contributed by atoms with E-state index in [4.69, 9.17) is 5.26 Å². The average Bonchev–Trinajstić information content (AvgIpc) is 2.41. The van der Waals surface area contributed by atoms with Crippen molar-refractivity contribution in [1.82, 2.24) is 15.6 Å². The number of aryl methyl sites for hydroxylation is 1. The molecule has 6 nitrogen and oxygen atoms in total. The second-order valence-electron chi connectivity index (χ2n) is 6.14. The first-order valence-electron chi connectivity index (χ1n) is 7.07. The van der Waals surface area contributed by atoms with E-state index in [1.165, 1.54) is 13.0 Å². The quantitative estimate of drug-likeness (QED) is 0.793. The Hall–Kier alpha value is -2.28. The number of hydrogen-bond donors (Lipinski definition) is 2. The molecule has 136 valence electrons. The number of carbonyl (C=O) groups is 2. The van der Waals surface area contributed by atoms with Crippen LogP contribution in [-0.2, 0) is 11.0 Å². The van der Waals surface area contributed by atoms with Gasteiger partial charge in [0.15, 0.2) is 0 Å². The van der Waals surface area contributed by atoms with Crippen molar-refractivity contribution < 1.29 is 22.8 Å². The Kier molecular flexibility index (Phi) is 6.42. The zero-order valence-electron chi connectivity index (χ0n) is 14.0. The number of carbonyl (C=O) groups excluding carboxylic acids is 2. The van der Waals surface area contributed by atoms with Crippen molar-refractivity contribution in [2.45, 2.75) is 44.4 Å². The van der Waals surface area contributed by atoms with Gasteiger partial charge in [0, 0.05) is 11.2 Å². The lowest BCUT2D eigenvalue weighted by atomic mass is 10.1. The number of hydrogen-bond acceptors (Lipinski definition) is 5. The van der Waals surface area contributed by atoms with E-state index in [2.05, 4.69) is 15.6 Å². The minimum atomic E-state index is -4.71. The second-order valence-corrected chi connectivity index (χ2v) is 7.11. The smallest absolute Gasteiger partial charge is 0.333 e. The SMILES string of the molecule is Cc1cc(C(F)(F)F)c(C#N)c(SCC(=O)NC(=O)NC(C)(C)C)n1. The Bertz CT molecular complexity index is 721. The molecule has 0 aliphatic carbocycles. The summed E-state index contributed by atoms with van der Waals surface area (Å²) in [5.41, 5.74) is -2.23. The van der Waals surface area contributed by atoms with E-state index in [1.807, 2.05) is 0 Å². The summed E-state index contributed by atoms with van der Waals surface area (Å²) in [4.78, 5) is 27.2. The van der Waals surface area contributed by atoms with Gasteiger partial charge in [0.1, 0.15) is 11.1 Å². The number of nitrogens with one attached hydrogen (secondary N) is 2. The number of rotatable bonds is 3.